The summed E-state index contributed by atoms with van der Waals surface area (Å²) in [6.45, 7) is 13.3. The van der Waals surface area contributed by atoms with Crippen LogP contribution >= 0.6 is 23.2 Å². The van der Waals surface area contributed by atoms with E-state index in [2.05, 4.69) is 11.7 Å². The molecular weight excluding hydrogens is 635 g/mol. The largest absolute Gasteiger partial charge is 0.494 e. The quantitative estimate of drug-likeness (QED) is 0.159. The van der Waals surface area contributed by atoms with Crippen LogP contribution in [0.4, 0.5) is 0 Å². The second kappa shape index (κ2) is 12.6. The molecule has 3 aromatic carbocycles. The number of aromatic nitrogens is 3. The zero-order chi connectivity index (χ0) is 33.7. The molecule has 0 spiro atoms. The summed E-state index contributed by atoms with van der Waals surface area (Å²) in [6.07, 6.45) is 1.22. The summed E-state index contributed by atoms with van der Waals surface area (Å²) in [5.41, 5.74) is 9.34. The number of hydrogen-bond acceptors (Lipinski definition) is 4. The van der Waals surface area contributed by atoms with Gasteiger partial charge in [0.25, 0.3) is 5.91 Å². The van der Waals surface area contributed by atoms with Gasteiger partial charge in [-0.15, -0.1) is 0 Å². The van der Waals surface area contributed by atoms with Gasteiger partial charge in [-0.05, 0) is 93.1 Å². The van der Waals surface area contributed by atoms with Gasteiger partial charge >= 0.3 is 5.97 Å². The van der Waals surface area contributed by atoms with Gasteiger partial charge < -0.3 is 19.3 Å². The number of halogens is 2. The molecule has 0 aliphatic carbocycles. The number of benzene rings is 3. The van der Waals surface area contributed by atoms with Crippen LogP contribution in [0.3, 0.4) is 0 Å². The van der Waals surface area contributed by atoms with Crippen molar-refractivity contribution in [2.24, 2.45) is 7.05 Å². The van der Waals surface area contributed by atoms with Crippen molar-refractivity contribution in [3.05, 3.63) is 110 Å². The molecule has 47 heavy (non-hydrogen) atoms. The third-order valence-electron chi connectivity index (χ3n) is 8.92. The number of nitrogens with zero attached hydrogens (tertiary/aromatic N) is 4. The molecule has 242 valence electrons. The van der Waals surface area contributed by atoms with Gasteiger partial charge in [0.05, 0.1) is 34.9 Å². The highest BCUT2D eigenvalue weighted by Gasteiger charge is 2.35. The summed E-state index contributed by atoms with van der Waals surface area (Å²) in [5, 5.41) is 16.4. The van der Waals surface area contributed by atoms with Crippen molar-refractivity contribution in [1.29, 1.82) is 0 Å². The second-order valence-corrected chi connectivity index (χ2v) is 13.0. The van der Waals surface area contributed by atoms with Crippen LogP contribution in [0.25, 0.3) is 27.7 Å². The van der Waals surface area contributed by atoms with E-state index in [1.54, 1.807) is 23.1 Å². The van der Waals surface area contributed by atoms with Crippen molar-refractivity contribution in [1.82, 2.24) is 19.2 Å². The van der Waals surface area contributed by atoms with E-state index in [0.29, 0.717) is 30.2 Å². The molecule has 5 aromatic rings. The van der Waals surface area contributed by atoms with Crippen LogP contribution in [0.5, 0.6) is 5.75 Å². The Labute approximate surface area is 283 Å². The molecule has 1 aliphatic heterocycles. The lowest BCUT2D eigenvalue weighted by Crippen LogP contribution is -2.39. The van der Waals surface area contributed by atoms with Crippen LogP contribution < -0.4 is 4.74 Å². The zero-order valence-corrected chi connectivity index (χ0v) is 28.6. The van der Waals surface area contributed by atoms with Crippen LogP contribution in [0, 0.1) is 27.7 Å². The normalized spacial score (nSPS) is 13.0. The number of carbonyl (C=O) groups excluding carboxylic acids is 1. The van der Waals surface area contributed by atoms with E-state index in [4.69, 9.17) is 27.9 Å². The maximum absolute atomic E-state index is 14.5. The number of aromatic carboxylic acids is 1. The topological polar surface area (TPSA) is 89.6 Å². The minimum absolute atomic E-state index is 0.157. The molecule has 0 saturated carbocycles. The molecule has 0 fully saturated rings. The number of carboxylic acids is 1. The standard InChI is InChI=1S/C37H36Cl2N4O4/c1-20-15-27(16-21(2)33(20)39)47-14-8-11-28-29-12-13-30(38)32(31-23(4)40-41(6)24(31)5)34(29)43-22(3)18-42(36(44)35(28)43)19-25-9-7-10-26(17-25)37(45)46/h7,9-10,12-13,15-17H,3,8,11,14,18-19H2,1-2,4-6H3,(H,45,46). The number of fused-ring (bicyclic) bond motifs is 3. The van der Waals surface area contributed by atoms with Gasteiger partial charge in [0.15, 0.2) is 0 Å². The first-order valence-corrected chi connectivity index (χ1v) is 16.2. The molecule has 0 bridgehead atoms. The predicted octanol–water partition coefficient (Wildman–Crippen LogP) is 8.42. The van der Waals surface area contributed by atoms with Crippen LogP contribution in [-0.2, 0) is 20.0 Å². The number of carbonyl (C=O) groups is 2. The summed E-state index contributed by atoms with van der Waals surface area (Å²) >= 11 is 13.3. The Morgan fingerprint density at radius 1 is 1.04 bits per heavy atom. The minimum Gasteiger partial charge on any atom is -0.494 e. The van der Waals surface area contributed by atoms with Gasteiger partial charge in [0, 0.05) is 46.5 Å². The molecule has 0 unspecified atom stereocenters. The van der Waals surface area contributed by atoms with Gasteiger partial charge in [-0.25, -0.2) is 4.79 Å². The molecule has 6 rings (SSSR count). The maximum Gasteiger partial charge on any atom is 0.335 e. The lowest BCUT2D eigenvalue weighted by molar-refractivity contribution is 0.0696. The smallest absolute Gasteiger partial charge is 0.335 e. The van der Waals surface area contributed by atoms with Gasteiger partial charge in [-0.3, -0.25) is 9.48 Å². The predicted molar refractivity (Wildman–Crippen MR) is 187 cm³/mol. The van der Waals surface area contributed by atoms with E-state index in [9.17, 15) is 14.7 Å². The SMILES string of the molecule is C=C1CN(Cc2cccc(C(=O)O)c2)C(=O)c2c(CCCOc3cc(C)c(Cl)c(C)c3)c3ccc(Cl)c(-c4c(C)nn(C)c4C)c3n21. The van der Waals surface area contributed by atoms with Gasteiger partial charge in [0.1, 0.15) is 11.4 Å². The lowest BCUT2D eigenvalue weighted by Gasteiger charge is -2.31. The van der Waals surface area contributed by atoms with E-state index in [0.717, 1.165) is 72.1 Å². The minimum atomic E-state index is -1.01. The first kappa shape index (κ1) is 32.4. The third kappa shape index (κ3) is 5.81. The molecule has 1 aliphatic rings. The number of amides is 1. The molecular formula is C37H36Cl2N4O4. The molecule has 8 nitrogen and oxygen atoms in total. The lowest BCUT2D eigenvalue weighted by atomic mass is 9.98. The molecule has 10 heteroatoms. The van der Waals surface area contributed by atoms with Crippen molar-refractivity contribution < 1.29 is 19.4 Å². The van der Waals surface area contributed by atoms with Crippen molar-refractivity contribution in [3.8, 4) is 16.9 Å². The maximum atomic E-state index is 14.5. The summed E-state index contributed by atoms with van der Waals surface area (Å²) in [4.78, 5) is 27.8. The van der Waals surface area contributed by atoms with E-state index in [-0.39, 0.29) is 24.6 Å². The van der Waals surface area contributed by atoms with E-state index < -0.39 is 5.97 Å². The number of ether oxygens (including phenoxy) is 1. The molecule has 0 saturated heterocycles. The molecule has 3 heterocycles. The Kier molecular flexibility index (Phi) is 8.68. The average molecular weight is 672 g/mol. The highest BCUT2D eigenvalue weighted by Crippen LogP contribution is 2.44. The summed E-state index contributed by atoms with van der Waals surface area (Å²) < 4.78 is 9.95. The van der Waals surface area contributed by atoms with Crippen LogP contribution in [0.15, 0.2) is 55.1 Å². The number of carboxylic acid groups (broad SMARTS) is 1. The van der Waals surface area contributed by atoms with Crippen molar-refractivity contribution in [3.63, 3.8) is 0 Å². The summed E-state index contributed by atoms with van der Waals surface area (Å²) in [5.74, 6) is -0.417. The van der Waals surface area contributed by atoms with Crippen LogP contribution in [0.1, 0.15) is 60.9 Å². The molecule has 0 radical (unpaired) electrons. The third-order valence-corrected chi connectivity index (χ3v) is 9.83. The Morgan fingerprint density at radius 3 is 2.43 bits per heavy atom. The fourth-order valence-corrected chi connectivity index (χ4v) is 7.03. The second-order valence-electron chi connectivity index (χ2n) is 12.2. The summed E-state index contributed by atoms with van der Waals surface area (Å²) in [6, 6.07) is 14.4. The fourth-order valence-electron chi connectivity index (χ4n) is 6.68. The van der Waals surface area contributed by atoms with E-state index in [1.165, 1.54) is 0 Å². The molecule has 1 amide bonds. The van der Waals surface area contributed by atoms with Crippen LogP contribution in [0.2, 0.25) is 10.0 Å². The van der Waals surface area contributed by atoms with Gasteiger partial charge in [-0.2, -0.15) is 5.10 Å². The highest BCUT2D eigenvalue weighted by atomic mass is 35.5. The number of aryl methyl sites for hydroxylation is 5. The van der Waals surface area contributed by atoms with Crippen LogP contribution in [-0.4, -0.2) is 49.4 Å². The van der Waals surface area contributed by atoms with E-state index >= 15 is 0 Å². The van der Waals surface area contributed by atoms with Crippen molar-refractivity contribution in [2.75, 3.05) is 13.2 Å². The van der Waals surface area contributed by atoms with Crippen molar-refractivity contribution >= 4 is 51.7 Å². The van der Waals surface area contributed by atoms with Gasteiger partial charge in [0.2, 0.25) is 0 Å². The van der Waals surface area contributed by atoms with Crippen molar-refractivity contribution in [2.45, 2.75) is 47.1 Å². The highest BCUT2D eigenvalue weighted by molar-refractivity contribution is 6.35. The monoisotopic (exact) mass is 670 g/mol. The average Bonchev–Trinajstić information content (AvgIpc) is 3.49. The van der Waals surface area contributed by atoms with E-state index in [1.807, 2.05) is 74.3 Å². The molecule has 1 N–H and O–H groups in total. The first-order valence-electron chi connectivity index (χ1n) is 15.4. The molecule has 2 aromatic heterocycles. The Bertz CT molecular complexity index is 2090. The number of hydrogen-bond donors (Lipinski definition) is 1. The number of rotatable bonds is 9. The fraction of sp³-hybridized carbons (Fsp3) is 0.270. The van der Waals surface area contributed by atoms with Gasteiger partial charge in [-0.1, -0.05) is 48.0 Å². The summed E-state index contributed by atoms with van der Waals surface area (Å²) in [7, 11) is 1.91. The molecule has 0 atom stereocenters. The Balaban J connectivity index is 1.44. The first-order chi connectivity index (χ1) is 22.4. The zero-order valence-electron chi connectivity index (χ0n) is 27.1. The Hall–Kier alpha value is -4.53. The Morgan fingerprint density at radius 2 is 1.77 bits per heavy atom.